The normalized spacial score (nSPS) is 20.8. The molecule has 2 aromatic heterocycles. The van der Waals surface area contributed by atoms with Gasteiger partial charge < -0.3 is 9.80 Å². The van der Waals surface area contributed by atoms with Crippen molar-refractivity contribution in [2.45, 2.75) is 33.1 Å². The second kappa shape index (κ2) is 7.96. The van der Waals surface area contributed by atoms with Crippen molar-refractivity contribution in [2.24, 2.45) is 5.41 Å². The Kier molecular flexibility index (Phi) is 5.11. The van der Waals surface area contributed by atoms with Crippen LogP contribution in [0.1, 0.15) is 41.0 Å². The molecule has 1 atom stereocenters. The minimum absolute atomic E-state index is 0.0215. The van der Waals surface area contributed by atoms with Gasteiger partial charge in [-0.1, -0.05) is 6.07 Å². The molecule has 2 fully saturated rings. The minimum atomic E-state index is -0.555. The number of nitrogens with zero attached hydrogens (tertiary/aromatic N) is 7. The van der Waals surface area contributed by atoms with Gasteiger partial charge in [0.25, 0.3) is 5.91 Å². The molecule has 8 nitrogen and oxygen atoms in total. The Bertz CT molecular complexity index is 1130. The molecular weight excluding hydrogens is 409 g/mol. The van der Waals surface area contributed by atoms with Gasteiger partial charge in [-0.2, -0.15) is 15.0 Å². The fourth-order valence-corrected chi connectivity index (χ4v) is 5.06. The van der Waals surface area contributed by atoms with Gasteiger partial charge >= 0.3 is 0 Å². The molecule has 2 aliphatic rings. The smallest absolute Gasteiger partial charge is 0.259 e. The van der Waals surface area contributed by atoms with E-state index in [-0.39, 0.29) is 16.9 Å². The summed E-state index contributed by atoms with van der Waals surface area (Å²) in [6, 6.07) is 6.53. The van der Waals surface area contributed by atoms with Crippen molar-refractivity contribution in [2.75, 3.05) is 31.1 Å². The maximum atomic E-state index is 14.8. The van der Waals surface area contributed by atoms with Crippen LogP contribution in [0.4, 0.5) is 10.3 Å². The van der Waals surface area contributed by atoms with Crippen LogP contribution < -0.4 is 4.90 Å². The summed E-state index contributed by atoms with van der Waals surface area (Å²) < 4.78 is 14.8. The van der Waals surface area contributed by atoms with E-state index in [1.807, 2.05) is 19.9 Å². The van der Waals surface area contributed by atoms with Crippen molar-refractivity contribution in [3.05, 3.63) is 59.4 Å². The van der Waals surface area contributed by atoms with Gasteiger partial charge in [0.15, 0.2) is 0 Å². The molecule has 2 aliphatic heterocycles. The Hall–Kier alpha value is -3.36. The third-order valence-electron chi connectivity index (χ3n) is 6.48. The Labute approximate surface area is 186 Å². The van der Waals surface area contributed by atoms with E-state index in [0.717, 1.165) is 49.7 Å². The SMILES string of the molecule is Cc1cc(C)nc(N2CCC3(CCCN(C(=O)c4c(F)cccc4-n4nccn4)C3)C2)n1. The average Bonchev–Trinajstić information content (AvgIpc) is 3.43. The van der Waals surface area contributed by atoms with Gasteiger partial charge in [-0.15, -0.1) is 0 Å². The Morgan fingerprint density at radius 2 is 1.78 bits per heavy atom. The van der Waals surface area contributed by atoms with Crippen LogP contribution in [0.25, 0.3) is 5.69 Å². The van der Waals surface area contributed by atoms with Crippen molar-refractivity contribution >= 4 is 11.9 Å². The number of aromatic nitrogens is 5. The quantitative estimate of drug-likeness (QED) is 0.629. The first-order chi connectivity index (χ1) is 15.4. The summed E-state index contributed by atoms with van der Waals surface area (Å²) >= 11 is 0. The number of anilines is 1. The number of benzene rings is 1. The Balaban J connectivity index is 1.39. The standard InChI is InChI=1S/C23H26FN7O/c1-16-13-17(2)28-22(27-16)30-12-8-23(15-30)7-4-11-29(14-23)21(32)20-18(24)5-3-6-19(20)31-25-9-10-26-31/h3,5-6,9-10,13H,4,7-8,11-12,14-15H2,1-2H3. The molecule has 1 unspecified atom stereocenters. The highest BCUT2D eigenvalue weighted by Gasteiger charge is 2.44. The molecule has 5 rings (SSSR count). The molecule has 9 heteroatoms. The van der Waals surface area contributed by atoms with Gasteiger partial charge in [0, 0.05) is 43.0 Å². The Morgan fingerprint density at radius 3 is 2.53 bits per heavy atom. The van der Waals surface area contributed by atoms with Crippen LogP contribution in [-0.4, -0.2) is 61.9 Å². The molecule has 0 N–H and O–H groups in total. The fourth-order valence-electron chi connectivity index (χ4n) is 5.06. The number of aryl methyl sites for hydroxylation is 2. The van der Waals surface area contributed by atoms with Crippen LogP contribution in [0.15, 0.2) is 36.7 Å². The average molecular weight is 436 g/mol. The molecule has 166 valence electrons. The predicted molar refractivity (Wildman–Crippen MR) is 117 cm³/mol. The van der Waals surface area contributed by atoms with E-state index in [2.05, 4.69) is 25.1 Å². The van der Waals surface area contributed by atoms with Gasteiger partial charge in [0.2, 0.25) is 5.95 Å². The van der Waals surface area contributed by atoms with Crippen molar-refractivity contribution in [1.29, 1.82) is 0 Å². The molecule has 0 saturated carbocycles. The highest BCUT2D eigenvalue weighted by molar-refractivity contribution is 5.98. The number of rotatable bonds is 3. The summed E-state index contributed by atoms with van der Waals surface area (Å²) in [5.74, 6) is -0.111. The van der Waals surface area contributed by atoms with Crippen molar-refractivity contribution in [3.8, 4) is 5.69 Å². The molecule has 1 amide bonds. The lowest BCUT2D eigenvalue weighted by molar-refractivity contribution is 0.0552. The lowest BCUT2D eigenvalue weighted by Crippen LogP contribution is -2.47. The number of halogens is 1. The summed E-state index contributed by atoms with van der Waals surface area (Å²) in [5, 5.41) is 8.18. The van der Waals surface area contributed by atoms with Gasteiger partial charge in [-0.25, -0.2) is 14.4 Å². The largest absolute Gasteiger partial charge is 0.340 e. The highest BCUT2D eigenvalue weighted by atomic mass is 19.1. The summed E-state index contributed by atoms with van der Waals surface area (Å²) in [4.78, 5) is 28.0. The van der Waals surface area contributed by atoms with Crippen LogP contribution >= 0.6 is 0 Å². The number of carbonyl (C=O) groups is 1. The second-order valence-electron chi connectivity index (χ2n) is 8.91. The first-order valence-electron chi connectivity index (χ1n) is 11.0. The molecule has 1 spiro atoms. The van der Waals surface area contributed by atoms with Crippen LogP contribution in [-0.2, 0) is 0 Å². The monoisotopic (exact) mass is 435 g/mol. The minimum Gasteiger partial charge on any atom is -0.340 e. The lowest BCUT2D eigenvalue weighted by Gasteiger charge is -2.40. The zero-order chi connectivity index (χ0) is 22.3. The first-order valence-corrected chi connectivity index (χ1v) is 11.0. The van der Waals surface area contributed by atoms with Gasteiger partial charge in [-0.05, 0) is 51.3 Å². The predicted octanol–water partition coefficient (Wildman–Crippen LogP) is 2.95. The third kappa shape index (κ3) is 3.72. The van der Waals surface area contributed by atoms with E-state index >= 15 is 0 Å². The molecular formula is C23H26FN7O. The van der Waals surface area contributed by atoms with Gasteiger partial charge in [0.1, 0.15) is 17.1 Å². The van der Waals surface area contributed by atoms with E-state index in [0.29, 0.717) is 18.8 Å². The molecule has 0 radical (unpaired) electrons. The zero-order valence-corrected chi connectivity index (χ0v) is 18.3. The first kappa shape index (κ1) is 20.5. The third-order valence-corrected chi connectivity index (χ3v) is 6.48. The highest BCUT2D eigenvalue weighted by Crippen LogP contribution is 2.40. The zero-order valence-electron chi connectivity index (χ0n) is 18.3. The molecule has 2 saturated heterocycles. The number of carbonyl (C=O) groups excluding carboxylic acids is 1. The van der Waals surface area contributed by atoms with E-state index in [1.165, 1.54) is 23.3 Å². The summed E-state index contributed by atoms with van der Waals surface area (Å²) in [7, 11) is 0. The summed E-state index contributed by atoms with van der Waals surface area (Å²) in [6.45, 7) is 6.81. The maximum absolute atomic E-state index is 14.8. The lowest BCUT2D eigenvalue weighted by atomic mass is 9.79. The number of hydrogen-bond acceptors (Lipinski definition) is 6. The van der Waals surface area contributed by atoms with Gasteiger partial charge in [-0.3, -0.25) is 4.79 Å². The Morgan fingerprint density at radius 1 is 1.03 bits per heavy atom. The van der Waals surface area contributed by atoms with E-state index < -0.39 is 5.82 Å². The van der Waals surface area contributed by atoms with E-state index in [4.69, 9.17) is 0 Å². The van der Waals surface area contributed by atoms with Crippen LogP contribution in [0, 0.1) is 25.1 Å². The second-order valence-corrected chi connectivity index (χ2v) is 8.91. The van der Waals surface area contributed by atoms with E-state index in [1.54, 1.807) is 17.0 Å². The topological polar surface area (TPSA) is 80.0 Å². The van der Waals surface area contributed by atoms with Crippen LogP contribution in [0.5, 0.6) is 0 Å². The van der Waals surface area contributed by atoms with Crippen LogP contribution in [0.3, 0.4) is 0 Å². The molecule has 0 bridgehead atoms. The fraction of sp³-hybridized carbons (Fsp3) is 0.435. The summed E-state index contributed by atoms with van der Waals surface area (Å²) in [6.07, 6.45) is 5.90. The number of likely N-dealkylation sites (tertiary alicyclic amines) is 1. The van der Waals surface area contributed by atoms with E-state index in [9.17, 15) is 9.18 Å². The summed E-state index contributed by atoms with van der Waals surface area (Å²) in [5.41, 5.74) is 2.25. The molecule has 1 aromatic carbocycles. The number of piperidine rings is 1. The maximum Gasteiger partial charge on any atom is 0.259 e. The number of amides is 1. The van der Waals surface area contributed by atoms with Crippen molar-refractivity contribution in [3.63, 3.8) is 0 Å². The molecule has 0 aliphatic carbocycles. The van der Waals surface area contributed by atoms with Crippen molar-refractivity contribution in [1.82, 2.24) is 29.9 Å². The van der Waals surface area contributed by atoms with Crippen LogP contribution in [0.2, 0.25) is 0 Å². The van der Waals surface area contributed by atoms with Crippen molar-refractivity contribution < 1.29 is 9.18 Å². The van der Waals surface area contributed by atoms with Gasteiger partial charge in [0.05, 0.1) is 12.4 Å². The molecule has 3 aromatic rings. The molecule has 4 heterocycles. The number of hydrogen-bond donors (Lipinski definition) is 0. The molecule has 32 heavy (non-hydrogen) atoms.